The average molecular weight is 577 g/mol. The van der Waals surface area contributed by atoms with Crippen LogP contribution in [0.3, 0.4) is 0 Å². The van der Waals surface area contributed by atoms with Gasteiger partial charge in [0.1, 0.15) is 11.6 Å². The summed E-state index contributed by atoms with van der Waals surface area (Å²) in [5, 5.41) is -0.689. The number of nitrogens with zero attached hydrogens (tertiary/aromatic N) is 4. The monoisotopic (exact) mass is 576 g/mol. The topological polar surface area (TPSA) is 83.0 Å². The van der Waals surface area contributed by atoms with Crippen molar-refractivity contribution in [2.45, 2.75) is 43.7 Å². The summed E-state index contributed by atoms with van der Waals surface area (Å²) < 4.78 is 72.6. The van der Waals surface area contributed by atoms with Crippen LogP contribution in [0.4, 0.5) is 19.0 Å². The second-order valence-corrected chi connectivity index (χ2v) is 12.1. The second-order valence-electron chi connectivity index (χ2n) is 9.62. The smallest absolute Gasteiger partial charge is 0.416 e. The van der Waals surface area contributed by atoms with Crippen molar-refractivity contribution < 1.29 is 31.1 Å². The van der Waals surface area contributed by atoms with E-state index >= 15 is 0 Å². The van der Waals surface area contributed by atoms with Crippen molar-refractivity contribution in [1.82, 2.24) is 14.2 Å². The Kier molecular flexibility index (Phi) is 9.20. The Morgan fingerprint density at radius 1 is 1.03 bits per heavy atom. The lowest BCUT2D eigenvalue weighted by Crippen LogP contribution is -2.64. The number of amides is 1. The number of halogens is 4. The van der Waals surface area contributed by atoms with Gasteiger partial charge in [-0.3, -0.25) is 4.79 Å². The van der Waals surface area contributed by atoms with Gasteiger partial charge in [0.25, 0.3) is 5.91 Å². The number of carbonyl (C=O) groups is 1. The van der Waals surface area contributed by atoms with Crippen molar-refractivity contribution >= 4 is 34.2 Å². The third kappa shape index (κ3) is 6.35. The fourth-order valence-electron chi connectivity index (χ4n) is 4.71. The average Bonchev–Trinajstić information content (AvgIpc) is 2.88. The van der Waals surface area contributed by atoms with Gasteiger partial charge in [-0.05, 0) is 63.1 Å². The minimum Gasteiger partial charge on any atom is -0.476 e. The molecule has 0 saturated carbocycles. The summed E-state index contributed by atoms with van der Waals surface area (Å²) in [4.78, 5) is 22.0. The first-order valence-corrected chi connectivity index (χ1v) is 13.7. The van der Waals surface area contributed by atoms with E-state index in [1.807, 2.05) is 18.2 Å². The number of ether oxygens (including phenoxy) is 1. The highest BCUT2D eigenvalue weighted by molar-refractivity contribution is 7.89. The molecule has 1 amide bonds. The van der Waals surface area contributed by atoms with Crippen LogP contribution < -0.4 is 9.64 Å². The maximum atomic E-state index is 14.0. The van der Waals surface area contributed by atoms with Crippen LogP contribution in [0.15, 0.2) is 48.7 Å². The fourth-order valence-corrected chi connectivity index (χ4v) is 6.07. The number of benzene rings is 1. The molecule has 0 aliphatic carbocycles. The van der Waals surface area contributed by atoms with Gasteiger partial charge >= 0.3 is 6.18 Å². The lowest BCUT2D eigenvalue weighted by molar-refractivity contribution is -0.152. The normalized spacial score (nSPS) is 21.2. The van der Waals surface area contributed by atoms with Gasteiger partial charge in [0.05, 0.1) is 17.4 Å². The Morgan fingerprint density at radius 3 is 2.24 bits per heavy atom. The Bertz CT molecular complexity index is 1190. The molecule has 2 fully saturated rings. The first kappa shape index (κ1) is 30.0. The van der Waals surface area contributed by atoms with Gasteiger partial charge in [0.15, 0.2) is 0 Å². The summed E-state index contributed by atoms with van der Waals surface area (Å²) in [5.74, 6) is 0.520. The van der Waals surface area contributed by atoms with Crippen LogP contribution >= 0.6 is 12.4 Å². The Morgan fingerprint density at radius 2 is 1.68 bits per heavy atom. The van der Waals surface area contributed by atoms with Gasteiger partial charge in [-0.15, -0.1) is 12.4 Å². The molecule has 2 aromatic rings. The Hall–Kier alpha value is -2.57. The number of anilines is 1. The molecule has 2 aliphatic rings. The lowest BCUT2D eigenvalue weighted by Gasteiger charge is -2.45. The van der Waals surface area contributed by atoms with Crippen molar-refractivity contribution in [1.29, 1.82) is 0 Å². The predicted molar refractivity (Wildman–Crippen MR) is 140 cm³/mol. The molecule has 0 bridgehead atoms. The summed E-state index contributed by atoms with van der Waals surface area (Å²) in [5.41, 5.74) is -2.38. The molecular weight excluding hydrogens is 545 g/mol. The molecule has 13 heteroatoms. The maximum absolute atomic E-state index is 14.0. The molecule has 2 saturated heterocycles. The molecule has 3 heterocycles. The molecule has 8 nitrogen and oxygen atoms in total. The summed E-state index contributed by atoms with van der Waals surface area (Å²) in [6.45, 7) is 5.02. The van der Waals surface area contributed by atoms with E-state index in [1.54, 1.807) is 24.9 Å². The standard InChI is InChI=1S/C25H31F3N4O4S.ClH/c1-19(2)37(34,35)32-13-5-11-24(18-32,36-21-9-7-20(8-10-21)25(26,27)28)23(33)31-16-14-30(15-17-31)22-6-3-4-12-29-22;/h3-4,6-10,12,19H,5,11,13-18H2,1-2H3;1H. The van der Waals surface area contributed by atoms with E-state index in [0.29, 0.717) is 32.6 Å². The van der Waals surface area contributed by atoms with Gasteiger partial charge in [0.2, 0.25) is 15.6 Å². The molecule has 1 atom stereocenters. The van der Waals surface area contributed by atoms with Crippen LogP contribution in [-0.4, -0.2) is 78.6 Å². The Labute approximate surface area is 227 Å². The van der Waals surface area contributed by atoms with Crippen LogP contribution in [0.5, 0.6) is 5.75 Å². The Balaban J connectivity index is 0.00000400. The molecular formula is C25H32ClF3N4O4S. The number of hydrogen-bond acceptors (Lipinski definition) is 6. The zero-order valence-corrected chi connectivity index (χ0v) is 22.9. The quantitative estimate of drug-likeness (QED) is 0.520. The van der Waals surface area contributed by atoms with Crippen LogP contribution in [0.25, 0.3) is 0 Å². The molecule has 38 heavy (non-hydrogen) atoms. The fraction of sp³-hybridized carbons (Fsp3) is 0.520. The third-order valence-corrected chi connectivity index (χ3v) is 9.02. The zero-order chi connectivity index (χ0) is 26.8. The largest absolute Gasteiger partial charge is 0.476 e. The summed E-state index contributed by atoms with van der Waals surface area (Å²) in [7, 11) is -3.68. The number of carbonyl (C=O) groups excluding carboxylic acids is 1. The number of aromatic nitrogens is 1. The van der Waals surface area contributed by atoms with Gasteiger partial charge in [0, 0.05) is 38.9 Å². The predicted octanol–water partition coefficient (Wildman–Crippen LogP) is 3.82. The summed E-state index contributed by atoms with van der Waals surface area (Å²) in [6, 6.07) is 9.74. The van der Waals surface area contributed by atoms with E-state index in [-0.39, 0.29) is 43.6 Å². The van der Waals surface area contributed by atoms with E-state index in [9.17, 15) is 26.4 Å². The van der Waals surface area contributed by atoms with Crippen molar-refractivity contribution in [2.24, 2.45) is 0 Å². The minimum absolute atomic E-state index is 0. The number of alkyl halides is 3. The van der Waals surface area contributed by atoms with Crippen LogP contribution in [0.1, 0.15) is 32.3 Å². The molecule has 0 spiro atoms. The van der Waals surface area contributed by atoms with Gasteiger partial charge in [-0.1, -0.05) is 6.07 Å². The first-order chi connectivity index (χ1) is 17.4. The van der Waals surface area contributed by atoms with E-state index in [0.717, 1.165) is 18.0 Å². The number of piperidine rings is 1. The van der Waals surface area contributed by atoms with Crippen molar-refractivity contribution in [3.05, 3.63) is 54.2 Å². The SMILES string of the molecule is CC(C)S(=O)(=O)N1CCCC(Oc2ccc(C(F)(F)F)cc2)(C(=O)N2CCN(c3ccccn3)CC2)C1.Cl. The van der Waals surface area contributed by atoms with Crippen molar-refractivity contribution in [2.75, 3.05) is 44.2 Å². The number of hydrogen-bond donors (Lipinski definition) is 0. The maximum Gasteiger partial charge on any atom is 0.416 e. The number of pyridine rings is 1. The molecule has 210 valence electrons. The highest BCUT2D eigenvalue weighted by Gasteiger charge is 2.50. The zero-order valence-electron chi connectivity index (χ0n) is 21.2. The van der Waals surface area contributed by atoms with E-state index in [4.69, 9.17) is 4.74 Å². The van der Waals surface area contributed by atoms with E-state index in [1.165, 1.54) is 16.4 Å². The molecule has 1 aromatic carbocycles. The molecule has 1 unspecified atom stereocenters. The number of piperazine rings is 1. The summed E-state index contributed by atoms with van der Waals surface area (Å²) >= 11 is 0. The lowest BCUT2D eigenvalue weighted by atomic mass is 9.91. The van der Waals surface area contributed by atoms with Gasteiger partial charge in [-0.2, -0.15) is 17.5 Å². The van der Waals surface area contributed by atoms with Gasteiger partial charge in [-0.25, -0.2) is 13.4 Å². The van der Waals surface area contributed by atoms with Crippen LogP contribution in [0, 0.1) is 0 Å². The minimum atomic E-state index is -4.51. The van der Waals surface area contributed by atoms with E-state index < -0.39 is 32.6 Å². The van der Waals surface area contributed by atoms with Crippen molar-refractivity contribution in [3.8, 4) is 5.75 Å². The number of sulfonamides is 1. The second kappa shape index (κ2) is 11.7. The van der Waals surface area contributed by atoms with Crippen LogP contribution in [0.2, 0.25) is 0 Å². The molecule has 1 aromatic heterocycles. The summed E-state index contributed by atoms with van der Waals surface area (Å²) in [6.07, 6.45) is -2.18. The van der Waals surface area contributed by atoms with E-state index in [2.05, 4.69) is 9.88 Å². The number of rotatable bonds is 6. The van der Waals surface area contributed by atoms with Gasteiger partial charge < -0.3 is 14.5 Å². The third-order valence-electron chi connectivity index (χ3n) is 6.80. The molecule has 0 N–H and O–H groups in total. The highest BCUT2D eigenvalue weighted by Crippen LogP contribution is 2.35. The highest BCUT2D eigenvalue weighted by atomic mass is 35.5. The van der Waals surface area contributed by atoms with Crippen LogP contribution in [-0.2, 0) is 21.0 Å². The first-order valence-electron chi connectivity index (χ1n) is 12.2. The van der Waals surface area contributed by atoms with Crippen molar-refractivity contribution in [3.63, 3.8) is 0 Å². The molecule has 2 aliphatic heterocycles. The molecule has 4 rings (SSSR count). The molecule has 0 radical (unpaired) electrons.